The monoisotopic (exact) mass is 365 g/mol. The van der Waals surface area contributed by atoms with E-state index in [1.807, 2.05) is 0 Å². The summed E-state index contributed by atoms with van der Waals surface area (Å²) in [6, 6.07) is 8.77. The van der Waals surface area contributed by atoms with Crippen molar-refractivity contribution in [3.8, 4) is 22.8 Å². The van der Waals surface area contributed by atoms with Crippen molar-refractivity contribution in [3.63, 3.8) is 0 Å². The van der Waals surface area contributed by atoms with Gasteiger partial charge in [0, 0.05) is 11.6 Å². The Hall–Kier alpha value is -3.50. The predicted octanol–water partition coefficient (Wildman–Crippen LogP) is 3.26. The summed E-state index contributed by atoms with van der Waals surface area (Å²) in [7, 11) is 1.48. The lowest BCUT2D eigenvalue weighted by molar-refractivity contribution is -0.384. The second-order valence-corrected chi connectivity index (χ2v) is 5.09. The molecule has 0 spiro atoms. The summed E-state index contributed by atoms with van der Waals surface area (Å²) in [4.78, 5) is 11.0. The minimum atomic E-state index is -4.70. The number of tetrazole rings is 1. The molecule has 0 unspecified atom stereocenters. The van der Waals surface area contributed by atoms with Crippen molar-refractivity contribution in [2.75, 3.05) is 7.11 Å². The molecule has 0 bridgehead atoms. The zero-order chi connectivity index (χ0) is 18.9. The first kappa shape index (κ1) is 17.3. The SMILES string of the molecule is COc1cccc(-c2nnn(-c3ccc(C(F)(F)F)cc3[N+](=O)[O-])n2)c1. The minimum Gasteiger partial charge on any atom is -0.497 e. The van der Waals surface area contributed by atoms with Crippen molar-refractivity contribution < 1.29 is 22.8 Å². The fraction of sp³-hybridized carbons (Fsp3) is 0.133. The van der Waals surface area contributed by atoms with Gasteiger partial charge < -0.3 is 4.74 Å². The van der Waals surface area contributed by atoms with Gasteiger partial charge in [0.1, 0.15) is 5.75 Å². The number of ether oxygens (including phenoxy) is 1. The molecule has 0 radical (unpaired) electrons. The van der Waals surface area contributed by atoms with Gasteiger partial charge in [-0.3, -0.25) is 10.1 Å². The number of nitro groups is 1. The Morgan fingerprint density at radius 3 is 2.62 bits per heavy atom. The van der Waals surface area contributed by atoms with Crippen LogP contribution in [0.25, 0.3) is 17.1 Å². The topological polar surface area (TPSA) is 96.0 Å². The zero-order valence-corrected chi connectivity index (χ0v) is 13.1. The highest BCUT2D eigenvalue weighted by molar-refractivity contribution is 5.58. The zero-order valence-electron chi connectivity index (χ0n) is 13.1. The van der Waals surface area contributed by atoms with Gasteiger partial charge >= 0.3 is 6.18 Å². The van der Waals surface area contributed by atoms with E-state index in [0.717, 1.165) is 16.9 Å². The number of rotatable bonds is 4. The molecule has 3 rings (SSSR count). The minimum absolute atomic E-state index is 0.137. The molecule has 0 saturated heterocycles. The third-order valence-electron chi connectivity index (χ3n) is 3.46. The summed E-state index contributed by atoms with van der Waals surface area (Å²) in [6.45, 7) is 0. The Kier molecular flexibility index (Phi) is 4.28. The Morgan fingerprint density at radius 2 is 1.96 bits per heavy atom. The lowest BCUT2D eigenvalue weighted by Gasteiger charge is -2.07. The Bertz CT molecular complexity index is 971. The van der Waals surface area contributed by atoms with E-state index in [0.29, 0.717) is 17.4 Å². The van der Waals surface area contributed by atoms with Gasteiger partial charge in [-0.15, -0.1) is 15.0 Å². The Balaban J connectivity index is 2.05. The summed E-state index contributed by atoms with van der Waals surface area (Å²) in [6.07, 6.45) is -4.70. The largest absolute Gasteiger partial charge is 0.497 e. The average molecular weight is 365 g/mol. The highest BCUT2D eigenvalue weighted by atomic mass is 19.4. The quantitative estimate of drug-likeness (QED) is 0.520. The van der Waals surface area contributed by atoms with Crippen LogP contribution < -0.4 is 4.74 Å². The molecule has 0 aliphatic heterocycles. The number of nitro benzene ring substituents is 1. The van der Waals surface area contributed by atoms with E-state index in [-0.39, 0.29) is 11.5 Å². The van der Waals surface area contributed by atoms with Crippen LogP contribution in [0.2, 0.25) is 0 Å². The van der Waals surface area contributed by atoms with Gasteiger partial charge in [0.2, 0.25) is 5.82 Å². The van der Waals surface area contributed by atoms with Crippen LogP contribution in [0, 0.1) is 10.1 Å². The van der Waals surface area contributed by atoms with Crippen molar-refractivity contribution in [2.45, 2.75) is 6.18 Å². The highest BCUT2D eigenvalue weighted by Gasteiger charge is 2.33. The number of aromatic nitrogens is 4. The fourth-order valence-electron chi connectivity index (χ4n) is 2.21. The van der Waals surface area contributed by atoms with E-state index < -0.39 is 22.4 Å². The van der Waals surface area contributed by atoms with E-state index in [4.69, 9.17) is 4.74 Å². The number of halogens is 3. The third-order valence-corrected chi connectivity index (χ3v) is 3.46. The van der Waals surface area contributed by atoms with Gasteiger partial charge in [-0.05, 0) is 29.5 Å². The van der Waals surface area contributed by atoms with Crippen molar-refractivity contribution in [2.24, 2.45) is 0 Å². The number of benzene rings is 2. The number of methoxy groups -OCH3 is 1. The van der Waals surface area contributed by atoms with Crippen molar-refractivity contribution in [3.05, 3.63) is 58.1 Å². The van der Waals surface area contributed by atoms with Crippen LogP contribution in [-0.4, -0.2) is 32.2 Å². The molecule has 0 saturated carbocycles. The molecule has 8 nitrogen and oxygen atoms in total. The molecule has 0 N–H and O–H groups in total. The predicted molar refractivity (Wildman–Crippen MR) is 82.8 cm³/mol. The Labute approximate surface area is 144 Å². The molecule has 134 valence electrons. The van der Waals surface area contributed by atoms with Gasteiger partial charge in [0.05, 0.1) is 17.6 Å². The first-order chi connectivity index (χ1) is 12.3. The molecule has 1 aromatic heterocycles. The number of nitrogens with zero attached hydrogens (tertiary/aromatic N) is 5. The summed E-state index contributed by atoms with van der Waals surface area (Å²) >= 11 is 0. The van der Waals surface area contributed by atoms with Crippen LogP contribution in [0.1, 0.15) is 5.56 Å². The second-order valence-electron chi connectivity index (χ2n) is 5.09. The average Bonchev–Trinajstić information content (AvgIpc) is 3.10. The molecule has 0 aliphatic rings. The maximum atomic E-state index is 12.8. The molecule has 0 aliphatic carbocycles. The maximum Gasteiger partial charge on any atom is 0.416 e. The van der Waals surface area contributed by atoms with Crippen molar-refractivity contribution in [1.29, 1.82) is 0 Å². The van der Waals surface area contributed by atoms with E-state index in [1.165, 1.54) is 7.11 Å². The molecular formula is C15H10F3N5O3. The number of hydrogen-bond acceptors (Lipinski definition) is 6. The van der Waals surface area contributed by atoms with Gasteiger partial charge in [-0.1, -0.05) is 12.1 Å². The standard InChI is InChI=1S/C15H10F3N5O3/c1-26-11-4-2-3-9(7-11)14-19-21-22(20-14)12-6-5-10(15(16,17)18)8-13(12)23(24)25/h2-8H,1H3. The first-order valence-corrected chi connectivity index (χ1v) is 7.10. The lowest BCUT2D eigenvalue weighted by atomic mass is 10.1. The van der Waals surface area contributed by atoms with Gasteiger partial charge in [-0.25, -0.2) is 0 Å². The van der Waals surface area contributed by atoms with Crippen LogP contribution >= 0.6 is 0 Å². The van der Waals surface area contributed by atoms with Gasteiger partial charge in [0.25, 0.3) is 5.69 Å². The first-order valence-electron chi connectivity index (χ1n) is 7.10. The number of hydrogen-bond donors (Lipinski definition) is 0. The smallest absolute Gasteiger partial charge is 0.416 e. The summed E-state index contributed by atoms with van der Waals surface area (Å²) in [5, 5.41) is 22.7. The molecule has 1 heterocycles. The fourth-order valence-corrected chi connectivity index (χ4v) is 2.21. The summed E-state index contributed by atoms with van der Waals surface area (Å²) in [5.74, 6) is 0.678. The van der Waals surface area contributed by atoms with Crippen LogP contribution in [0.5, 0.6) is 5.75 Å². The summed E-state index contributed by atoms with van der Waals surface area (Å²) < 4.78 is 43.4. The third kappa shape index (κ3) is 3.31. The number of alkyl halides is 3. The molecule has 26 heavy (non-hydrogen) atoms. The van der Waals surface area contributed by atoms with Crippen molar-refractivity contribution >= 4 is 5.69 Å². The maximum absolute atomic E-state index is 12.8. The van der Waals surface area contributed by atoms with Crippen molar-refractivity contribution in [1.82, 2.24) is 20.2 Å². The molecule has 3 aromatic rings. The van der Waals surface area contributed by atoms with E-state index in [1.54, 1.807) is 24.3 Å². The molecular weight excluding hydrogens is 355 g/mol. The van der Waals surface area contributed by atoms with Crippen LogP contribution in [0.15, 0.2) is 42.5 Å². The van der Waals surface area contributed by atoms with Crippen LogP contribution in [0.4, 0.5) is 18.9 Å². The van der Waals surface area contributed by atoms with E-state index in [2.05, 4.69) is 15.4 Å². The van der Waals surface area contributed by atoms with Gasteiger partial charge in [-0.2, -0.15) is 13.2 Å². The van der Waals surface area contributed by atoms with Crippen LogP contribution in [-0.2, 0) is 6.18 Å². The molecule has 0 amide bonds. The van der Waals surface area contributed by atoms with Gasteiger partial charge in [0.15, 0.2) is 5.69 Å². The molecule has 0 fully saturated rings. The van der Waals surface area contributed by atoms with Crippen LogP contribution in [0.3, 0.4) is 0 Å². The van der Waals surface area contributed by atoms with E-state index >= 15 is 0 Å². The Morgan fingerprint density at radius 1 is 1.19 bits per heavy atom. The lowest BCUT2D eigenvalue weighted by Crippen LogP contribution is -2.09. The molecule has 2 aromatic carbocycles. The second kappa shape index (κ2) is 6.43. The summed E-state index contributed by atoms with van der Waals surface area (Å²) in [5.41, 5.74) is -1.62. The highest BCUT2D eigenvalue weighted by Crippen LogP contribution is 2.34. The molecule has 11 heteroatoms. The molecule has 0 atom stereocenters. The van der Waals surface area contributed by atoms with E-state index in [9.17, 15) is 23.3 Å². The normalized spacial score (nSPS) is 11.4.